The van der Waals surface area contributed by atoms with Gasteiger partial charge in [0, 0.05) is 12.6 Å². The predicted molar refractivity (Wildman–Crippen MR) is 84.0 cm³/mol. The van der Waals surface area contributed by atoms with Gasteiger partial charge in [-0.25, -0.2) is 17.5 Å². The van der Waals surface area contributed by atoms with Crippen molar-refractivity contribution in [2.45, 2.75) is 37.1 Å². The second-order valence-electron chi connectivity index (χ2n) is 4.27. The predicted octanol–water partition coefficient (Wildman–Crippen LogP) is 2.81. The van der Waals surface area contributed by atoms with Crippen LogP contribution in [0.15, 0.2) is 27.6 Å². The van der Waals surface area contributed by atoms with Gasteiger partial charge in [0.25, 0.3) is 0 Å². The fourth-order valence-electron chi connectivity index (χ4n) is 1.61. The van der Waals surface area contributed by atoms with Crippen LogP contribution in [0.5, 0.6) is 0 Å². The fraction of sp³-hybridized carbons (Fsp3) is 0.500. The zero-order valence-electron chi connectivity index (χ0n) is 11.1. The molecule has 4 nitrogen and oxygen atoms in total. The Morgan fingerprint density at radius 1 is 1.45 bits per heavy atom. The summed E-state index contributed by atoms with van der Waals surface area (Å²) in [6, 6.07) is 3.29. The van der Waals surface area contributed by atoms with E-state index in [1.807, 2.05) is 6.92 Å². The molecule has 0 saturated heterocycles. The van der Waals surface area contributed by atoms with E-state index in [-0.39, 0.29) is 34.4 Å². The van der Waals surface area contributed by atoms with E-state index >= 15 is 0 Å². The Balaban J connectivity index is 0.00000361. The smallest absolute Gasteiger partial charge is 0.240 e. The van der Waals surface area contributed by atoms with Crippen molar-refractivity contribution in [3.05, 3.63) is 28.5 Å². The Morgan fingerprint density at radius 2 is 2.10 bits per heavy atom. The number of nitrogens with one attached hydrogen (secondary N) is 1. The summed E-state index contributed by atoms with van der Waals surface area (Å²) in [7, 11) is -3.67. The van der Waals surface area contributed by atoms with Gasteiger partial charge in [0.05, 0.1) is 9.37 Å². The highest BCUT2D eigenvalue weighted by Gasteiger charge is 2.19. The van der Waals surface area contributed by atoms with Crippen LogP contribution in [-0.4, -0.2) is 21.0 Å². The van der Waals surface area contributed by atoms with Gasteiger partial charge < -0.3 is 5.73 Å². The van der Waals surface area contributed by atoms with Crippen LogP contribution in [0.4, 0.5) is 4.39 Å². The van der Waals surface area contributed by atoms with Crippen molar-refractivity contribution < 1.29 is 12.8 Å². The van der Waals surface area contributed by atoms with Crippen LogP contribution >= 0.6 is 28.3 Å². The highest BCUT2D eigenvalue weighted by atomic mass is 79.9. The number of hydrogen-bond acceptors (Lipinski definition) is 3. The third-order valence-corrected chi connectivity index (χ3v) is 4.84. The number of unbranched alkanes of at least 4 members (excludes halogenated alkanes) is 1. The molecule has 3 N–H and O–H groups in total. The van der Waals surface area contributed by atoms with E-state index < -0.39 is 15.8 Å². The van der Waals surface area contributed by atoms with Gasteiger partial charge in [-0.1, -0.05) is 19.8 Å². The van der Waals surface area contributed by atoms with E-state index in [2.05, 4.69) is 20.7 Å². The van der Waals surface area contributed by atoms with Crippen molar-refractivity contribution in [1.29, 1.82) is 0 Å². The molecule has 1 aromatic rings. The zero-order valence-corrected chi connectivity index (χ0v) is 14.3. The van der Waals surface area contributed by atoms with Gasteiger partial charge in [-0.05, 0) is 40.5 Å². The van der Waals surface area contributed by atoms with Crippen molar-refractivity contribution >= 4 is 38.4 Å². The topological polar surface area (TPSA) is 72.2 Å². The number of sulfonamides is 1. The molecule has 0 fully saturated rings. The first kappa shape index (κ1) is 19.8. The molecule has 0 saturated carbocycles. The average Bonchev–Trinajstić information content (AvgIpc) is 2.37. The van der Waals surface area contributed by atoms with Crippen LogP contribution in [0.2, 0.25) is 0 Å². The molecule has 0 aliphatic carbocycles. The van der Waals surface area contributed by atoms with E-state index in [4.69, 9.17) is 5.73 Å². The normalized spacial score (nSPS) is 12.8. The Hall–Kier alpha value is -0.210. The molecule has 1 atom stereocenters. The van der Waals surface area contributed by atoms with Crippen molar-refractivity contribution in [2.75, 3.05) is 6.54 Å². The lowest BCUT2D eigenvalue weighted by Crippen LogP contribution is -2.40. The summed E-state index contributed by atoms with van der Waals surface area (Å²) in [6.45, 7) is 2.26. The summed E-state index contributed by atoms with van der Waals surface area (Å²) in [5.74, 6) is -0.500. The van der Waals surface area contributed by atoms with Crippen molar-refractivity contribution in [2.24, 2.45) is 5.73 Å². The average molecular weight is 390 g/mol. The lowest BCUT2D eigenvalue weighted by atomic mass is 10.1. The summed E-state index contributed by atoms with van der Waals surface area (Å²) in [6.07, 6.45) is 2.56. The van der Waals surface area contributed by atoms with Crippen LogP contribution < -0.4 is 10.5 Å². The number of rotatable bonds is 7. The third-order valence-electron chi connectivity index (χ3n) is 2.71. The molecule has 1 unspecified atom stereocenters. The monoisotopic (exact) mass is 388 g/mol. The Bertz CT molecular complexity index is 528. The summed E-state index contributed by atoms with van der Waals surface area (Å²) in [4.78, 5) is 0.0238. The molecule has 8 heteroatoms. The summed E-state index contributed by atoms with van der Waals surface area (Å²) >= 11 is 2.97. The highest BCUT2D eigenvalue weighted by molar-refractivity contribution is 9.10. The van der Waals surface area contributed by atoms with E-state index in [9.17, 15) is 12.8 Å². The van der Waals surface area contributed by atoms with Gasteiger partial charge in [-0.15, -0.1) is 12.4 Å². The van der Waals surface area contributed by atoms with Crippen LogP contribution in [-0.2, 0) is 10.0 Å². The second kappa shape index (κ2) is 8.94. The minimum Gasteiger partial charge on any atom is -0.329 e. The molecular formula is C12H19BrClFN2O2S. The molecular weight excluding hydrogens is 371 g/mol. The number of benzene rings is 1. The molecule has 0 aliphatic rings. The third kappa shape index (κ3) is 5.65. The summed E-state index contributed by atoms with van der Waals surface area (Å²) < 4.78 is 40.0. The number of nitrogens with two attached hydrogens (primary N) is 1. The van der Waals surface area contributed by atoms with Gasteiger partial charge in [-0.3, -0.25) is 0 Å². The minimum atomic E-state index is -3.67. The Morgan fingerprint density at radius 3 is 2.60 bits per heavy atom. The maximum absolute atomic E-state index is 13.1. The Labute approximate surface area is 133 Å². The molecule has 1 rings (SSSR count). The maximum Gasteiger partial charge on any atom is 0.240 e. The van der Waals surface area contributed by atoms with Gasteiger partial charge in [0.2, 0.25) is 10.0 Å². The van der Waals surface area contributed by atoms with Crippen LogP contribution in [0.1, 0.15) is 26.2 Å². The quantitative estimate of drug-likeness (QED) is 0.753. The number of halogens is 3. The first-order valence-electron chi connectivity index (χ1n) is 6.08. The van der Waals surface area contributed by atoms with Gasteiger partial charge in [-0.2, -0.15) is 0 Å². The maximum atomic E-state index is 13.1. The highest BCUT2D eigenvalue weighted by Crippen LogP contribution is 2.20. The lowest BCUT2D eigenvalue weighted by molar-refractivity contribution is 0.516. The lowest BCUT2D eigenvalue weighted by Gasteiger charge is -2.16. The van der Waals surface area contributed by atoms with Gasteiger partial charge in [0.15, 0.2) is 0 Å². The van der Waals surface area contributed by atoms with E-state index in [1.54, 1.807) is 0 Å². The van der Waals surface area contributed by atoms with E-state index in [1.165, 1.54) is 12.1 Å². The molecule has 0 amide bonds. The largest absolute Gasteiger partial charge is 0.329 e. The van der Waals surface area contributed by atoms with Crippen molar-refractivity contribution in [1.82, 2.24) is 4.72 Å². The molecule has 20 heavy (non-hydrogen) atoms. The van der Waals surface area contributed by atoms with Crippen molar-refractivity contribution in [3.8, 4) is 0 Å². The molecule has 0 aromatic heterocycles. The molecule has 0 heterocycles. The molecule has 0 spiro atoms. The molecule has 0 aliphatic heterocycles. The second-order valence-corrected chi connectivity index (χ2v) is 6.84. The zero-order chi connectivity index (χ0) is 14.5. The van der Waals surface area contributed by atoms with E-state index in [0.29, 0.717) is 6.42 Å². The van der Waals surface area contributed by atoms with E-state index in [0.717, 1.165) is 18.9 Å². The molecule has 116 valence electrons. The van der Waals surface area contributed by atoms with Crippen LogP contribution in [0.3, 0.4) is 0 Å². The van der Waals surface area contributed by atoms with Crippen LogP contribution in [0.25, 0.3) is 0 Å². The SMILES string of the molecule is CCCCC(CN)NS(=O)(=O)c1ccc(F)c(Br)c1.Cl. The summed E-state index contributed by atoms with van der Waals surface area (Å²) in [5.41, 5.74) is 5.56. The molecule has 0 radical (unpaired) electrons. The standard InChI is InChI=1S/C12H18BrFN2O2S.ClH/c1-2-3-4-9(8-15)16-19(17,18)10-5-6-12(14)11(13)7-10;/h5-7,9,16H,2-4,8,15H2,1H3;1H. The first-order valence-corrected chi connectivity index (χ1v) is 8.35. The first-order chi connectivity index (χ1) is 8.90. The van der Waals surface area contributed by atoms with Crippen molar-refractivity contribution in [3.63, 3.8) is 0 Å². The summed E-state index contributed by atoms with van der Waals surface area (Å²) in [5, 5.41) is 0. The van der Waals surface area contributed by atoms with Crippen LogP contribution in [0, 0.1) is 5.82 Å². The Kier molecular flexibility index (Phi) is 8.85. The number of hydrogen-bond donors (Lipinski definition) is 2. The minimum absolute atomic E-state index is 0. The fourth-order valence-corrected chi connectivity index (χ4v) is 3.45. The van der Waals surface area contributed by atoms with Gasteiger partial charge in [0.1, 0.15) is 5.82 Å². The molecule has 0 bridgehead atoms. The van der Waals surface area contributed by atoms with Gasteiger partial charge >= 0.3 is 0 Å². The molecule has 1 aromatic carbocycles.